The summed E-state index contributed by atoms with van der Waals surface area (Å²) in [5.41, 5.74) is 16.4. The quantitative estimate of drug-likeness (QED) is 0.148. The number of nitrogens with zero attached hydrogens (tertiary/aromatic N) is 2. The van der Waals surface area contributed by atoms with Crippen molar-refractivity contribution in [1.82, 2.24) is 4.57 Å². The Labute approximate surface area is 370 Å². The van der Waals surface area contributed by atoms with Gasteiger partial charge < -0.3 is 9.47 Å². The van der Waals surface area contributed by atoms with Crippen LogP contribution in [0.25, 0.3) is 92.2 Å². The summed E-state index contributed by atoms with van der Waals surface area (Å²) in [4.78, 5) is 2.42. The summed E-state index contributed by atoms with van der Waals surface area (Å²) < 4.78 is 4.98. The number of benzene rings is 10. The van der Waals surface area contributed by atoms with E-state index in [0.717, 1.165) is 17.1 Å². The third-order valence-corrected chi connectivity index (χ3v) is 13.5. The minimum absolute atomic E-state index is 1.10. The standard InChI is InChI=1S/C60H40N2S/c1-4-15-41(16-5-1)46-37-47(42-17-6-2-7-18-42)39-51(38-46)61(50-35-36-59-55(40-50)53-21-11-13-26-58(53)63-59)49-33-31-44(32-34-49)43-27-29-45(30-28-43)52-23-14-25-57-60(52)54-22-10-12-24-56(54)62(57)48-19-8-3-9-20-48/h1-40H. The molecule has 0 N–H and O–H groups in total. The van der Waals surface area contributed by atoms with E-state index in [1.165, 1.54) is 92.2 Å². The maximum absolute atomic E-state index is 2.42. The van der Waals surface area contributed by atoms with Gasteiger partial charge in [0.05, 0.1) is 11.0 Å². The number of aromatic nitrogens is 1. The van der Waals surface area contributed by atoms with Crippen LogP contribution >= 0.6 is 11.3 Å². The second-order valence-corrected chi connectivity index (χ2v) is 17.2. The number of fused-ring (bicyclic) bond motifs is 6. The molecule has 12 aromatic rings. The molecule has 0 aliphatic heterocycles. The van der Waals surface area contributed by atoms with Crippen molar-refractivity contribution in [2.75, 3.05) is 4.90 Å². The highest BCUT2D eigenvalue weighted by atomic mass is 32.1. The molecule has 12 rings (SSSR count). The second kappa shape index (κ2) is 15.5. The second-order valence-electron chi connectivity index (χ2n) is 16.1. The molecule has 63 heavy (non-hydrogen) atoms. The van der Waals surface area contributed by atoms with E-state index in [4.69, 9.17) is 0 Å². The van der Waals surface area contributed by atoms with Gasteiger partial charge in [-0.3, -0.25) is 0 Å². The third-order valence-electron chi connectivity index (χ3n) is 12.4. The van der Waals surface area contributed by atoms with E-state index >= 15 is 0 Å². The van der Waals surface area contributed by atoms with Crippen LogP contribution in [0, 0.1) is 0 Å². The first kappa shape index (κ1) is 36.8. The predicted octanol–water partition coefficient (Wildman–Crippen LogP) is 17.3. The molecule has 0 fully saturated rings. The van der Waals surface area contributed by atoms with Crippen LogP contribution in [0.2, 0.25) is 0 Å². The van der Waals surface area contributed by atoms with Crippen molar-refractivity contribution >= 4 is 70.4 Å². The Bertz CT molecular complexity index is 3530. The average molecular weight is 821 g/mol. The average Bonchev–Trinajstić information content (AvgIpc) is 3.91. The van der Waals surface area contributed by atoms with Gasteiger partial charge in [0.15, 0.2) is 0 Å². The van der Waals surface area contributed by atoms with Gasteiger partial charge in [0.25, 0.3) is 0 Å². The highest BCUT2D eigenvalue weighted by molar-refractivity contribution is 7.25. The van der Waals surface area contributed by atoms with E-state index in [0.29, 0.717) is 0 Å². The van der Waals surface area contributed by atoms with Gasteiger partial charge in [-0.15, -0.1) is 11.3 Å². The normalized spacial score (nSPS) is 11.5. The summed E-state index contributed by atoms with van der Waals surface area (Å²) >= 11 is 1.85. The van der Waals surface area contributed by atoms with Gasteiger partial charge in [-0.25, -0.2) is 0 Å². The van der Waals surface area contributed by atoms with Crippen LogP contribution in [0.5, 0.6) is 0 Å². The zero-order chi connectivity index (χ0) is 41.7. The third kappa shape index (κ3) is 6.58. The zero-order valence-electron chi connectivity index (χ0n) is 34.4. The molecule has 296 valence electrons. The van der Waals surface area contributed by atoms with Crippen LogP contribution in [0.4, 0.5) is 17.1 Å². The fourth-order valence-electron chi connectivity index (χ4n) is 9.40. The van der Waals surface area contributed by atoms with E-state index in [9.17, 15) is 0 Å². The van der Waals surface area contributed by atoms with Crippen LogP contribution in [0.3, 0.4) is 0 Å². The molecular formula is C60H40N2S. The van der Waals surface area contributed by atoms with E-state index in [1.54, 1.807) is 0 Å². The molecule has 2 nitrogen and oxygen atoms in total. The van der Waals surface area contributed by atoms with Crippen LogP contribution < -0.4 is 4.90 Å². The molecule has 0 radical (unpaired) electrons. The largest absolute Gasteiger partial charge is 0.310 e. The van der Waals surface area contributed by atoms with E-state index in [-0.39, 0.29) is 0 Å². The lowest BCUT2D eigenvalue weighted by atomic mass is 9.96. The number of thiophene rings is 1. The summed E-state index contributed by atoms with van der Waals surface area (Å²) in [5, 5.41) is 5.10. The molecule has 2 heterocycles. The lowest BCUT2D eigenvalue weighted by Gasteiger charge is -2.27. The number of anilines is 3. The van der Waals surface area contributed by atoms with Crippen LogP contribution in [-0.2, 0) is 0 Å². The summed E-state index contributed by atoms with van der Waals surface area (Å²) in [6.45, 7) is 0. The Morgan fingerprint density at radius 1 is 0.302 bits per heavy atom. The first-order valence-electron chi connectivity index (χ1n) is 21.5. The van der Waals surface area contributed by atoms with Crippen molar-refractivity contribution in [2.24, 2.45) is 0 Å². The van der Waals surface area contributed by atoms with Crippen LogP contribution in [-0.4, -0.2) is 4.57 Å². The Morgan fingerprint density at radius 3 is 1.52 bits per heavy atom. The van der Waals surface area contributed by atoms with Gasteiger partial charge in [0.1, 0.15) is 0 Å². The lowest BCUT2D eigenvalue weighted by molar-refractivity contribution is 1.18. The Morgan fingerprint density at radius 2 is 0.825 bits per heavy atom. The smallest absolute Gasteiger partial charge is 0.0547 e. The van der Waals surface area contributed by atoms with E-state index in [1.807, 2.05) is 11.3 Å². The van der Waals surface area contributed by atoms with Crippen molar-refractivity contribution in [1.29, 1.82) is 0 Å². The van der Waals surface area contributed by atoms with Crippen LogP contribution in [0.1, 0.15) is 0 Å². The summed E-state index contributed by atoms with van der Waals surface area (Å²) in [5.74, 6) is 0. The van der Waals surface area contributed by atoms with E-state index < -0.39 is 0 Å². The van der Waals surface area contributed by atoms with E-state index in [2.05, 4.69) is 252 Å². The number of para-hydroxylation sites is 2. The fraction of sp³-hybridized carbons (Fsp3) is 0. The van der Waals surface area contributed by atoms with Gasteiger partial charge in [-0.2, -0.15) is 0 Å². The molecule has 0 unspecified atom stereocenters. The molecule has 0 saturated heterocycles. The molecule has 10 aromatic carbocycles. The number of hydrogen-bond acceptors (Lipinski definition) is 2. The minimum Gasteiger partial charge on any atom is -0.310 e. The first-order valence-corrected chi connectivity index (χ1v) is 22.3. The SMILES string of the molecule is c1ccc(-c2cc(-c3ccccc3)cc(N(c3ccc(-c4ccc(-c5cccc6c5c5ccccc5n6-c5ccccc5)cc4)cc3)c3ccc4sc5ccccc5c4c3)c2)cc1. The molecule has 0 aliphatic rings. The Balaban J connectivity index is 0.958. The molecule has 2 aromatic heterocycles. The predicted molar refractivity (Wildman–Crippen MR) is 270 cm³/mol. The van der Waals surface area contributed by atoms with Gasteiger partial charge >= 0.3 is 0 Å². The minimum atomic E-state index is 1.10. The summed E-state index contributed by atoms with van der Waals surface area (Å²) in [6.07, 6.45) is 0. The lowest BCUT2D eigenvalue weighted by Crippen LogP contribution is -2.10. The molecule has 0 spiro atoms. The van der Waals surface area contributed by atoms with Crippen molar-refractivity contribution in [2.45, 2.75) is 0 Å². The molecule has 3 heteroatoms. The van der Waals surface area contributed by atoms with Gasteiger partial charge in [0.2, 0.25) is 0 Å². The topological polar surface area (TPSA) is 8.17 Å². The van der Waals surface area contributed by atoms with Crippen molar-refractivity contribution in [3.63, 3.8) is 0 Å². The Kier molecular flexibility index (Phi) is 9.06. The summed E-state index contributed by atoms with van der Waals surface area (Å²) in [6, 6.07) is 88.4. The zero-order valence-corrected chi connectivity index (χ0v) is 35.2. The fourth-order valence-corrected chi connectivity index (χ4v) is 10.5. The molecule has 0 aliphatic carbocycles. The van der Waals surface area contributed by atoms with Crippen LogP contribution in [0.15, 0.2) is 243 Å². The summed E-state index contributed by atoms with van der Waals surface area (Å²) in [7, 11) is 0. The van der Waals surface area contributed by atoms with Gasteiger partial charge in [-0.1, -0.05) is 164 Å². The molecular weight excluding hydrogens is 781 g/mol. The van der Waals surface area contributed by atoms with Crippen molar-refractivity contribution in [3.05, 3.63) is 243 Å². The molecule has 0 bridgehead atoms. The monoisotopic (exact) mass is 820 g/mol. The number of rotatable bonds is 8. The van der Waals surface area contributed by atoms with Gasteiger partial charge in [0, 0.05) is 53.7 Å². The van der Waals surface area contributed by atoms with Crippen molar-refractivity contribution in [3.8, 4) is 50.2 Å². The first-order chi connectivity index (χ1) is 31.2. The van der Waals surface area contributed by atoms with Gasteiger partial charge in [-0.05, 0) is 123 Å². The highest BCUT2D eigenvalue weighted by Gasteiger charge is 2.19. The molecule has 0 saturated carbocycles. The van der Waals surface area contributed by atoms with Crippen molar-refractivity contribution < 1.29 is 0 Å². The maximum atomic E-state index is 2.42. The molecule has 0 amide bonds. The molecule has 0 atom stereocenters. The highest BCUT2D eigenvalue weighted by Crippen LogP contribution is 2.44. The maximum Gasteiger partial charge on any atom is 0.0547 e. The number of hydrogen-bond donors (Lipinski definition) is 0. The Hall–Kier alpha value is -7.98.